The molecule has 136 valence electrons. The number of phenolic OH excluding ortho intramolecular Hbond substituents is 1. The molecule has 0 aliphatic carbocycles. The fourth-order valence-electron chi connectivity index (χ4n) is 4.58. The molecule has 3 aromatic rings. The molecule has 1 amide bonds. The fraction of sp³-hybridized carbons (Fsp3) is 0.273. The molecular formula is C22H21N3O2. The number of fused-ring (bicyclic) bond motifs is 3. The molecule has 1 saturated heterocycles. The standard InChI is InChI=1S/C22H21N3O2/c26-17-5-3-4-15(10-17)20-6-1-2-7-21-18-9-8-14(16-12-23-24-13-16)11-19(18)22(27)25(20)21/h3-5,8-13,20-21,26H,1-2,6-7H2,(H,23,24)/t20-,21?/m0/s1. The molecule has 5 nitrogen and oxygen atoms in total. The van der Waals surface area contributed by atoms with Crippen molar-refractivity contribution in [2.45, 2.75) is 37.8 Å². The first-order valence-electron chi connectivity index (χ1n) is 9.47. The molecule has 5 rings (SSSR count). The summed E-state index contributed by atoms with van der Waals surface area (Å²) in [5, 5.41) is 16.8. The Hall–Kier alpha value is -3.08. The summed E-state index contributed by atoms with van der Waals surface area (Å²) in [6.45, 7) is 0. The second-order valence-corrected chi connectivity index (χ2v) is 7.41. The average molecular weight is 359 g/mol. The van der Waals surface area contributed by atoms with Crippen LogP contribution < -0.4 is 0 Å². The first kappa shape index (κ1) is 16.1. The van der Waals surface area contributed by atoms with E-state index in [2.05, 4.69) is 22.3 Å². The second kappa shape index (κ2) is 6.27. The highest BCUT2D eigenvalue weighted by Crippen LogP contribution is 2.47. The molecule has 5 heteroatoms. The number of nitrogens with zero attached hydrogens (tertiary/aromatic N) is 2. The predicted octanol–water partition coefficient (Wildman–Crippen LogP) is 4.59. The van der Waals surface area contributed by atoms with Gasteiger partial charge in [-0.25, -0.2) is 0 Å². The van der Waals surface area contributed by atoms with Crippen LogP contribution in [0.25, 0.3) is 11.1 Å². The van der Waals surface area contributed by atoms with Gasteiger partial charge < -0.3 is 10.0 Å². The normalized spacial score (nSPS) is 21.6. The van der Waals surface area contributed by atoms with Crippen molar-refractivity contribution in [2.24, 2.45) is 0 Å². The van der Waals surface area contributed by atoms with Crippen LogP contribution in [0.15, 0.2) is 54.9 Å². The van der Waals surface area contributed by atoms with E-state index in [-0.39, 0.29) is 23.7 Å². The van der Waals surface area contributed by atoms with Crippen LogP contribution in [0.3, 0.4) is 0 Å². The van der Waals surface area contributed by atoms with Crippen LogP contribution in [0.2, 0.25) is 0 Å². The van der Waals surface area contributed by atoms with Crippen molar-refractivity contribution in [1.29, 1.82) is 0 Å². The lowest BCUT2D eigenvalue weighted by Crippen LogP contribution is -2.31. The number of H-pyrrole nitrogens is 1. The molecule has 0 bridgehead atoms. The van der Waals surface area contributed by atoms with E-state index in [1.54, 1.807) is 18.3 Å². The minimum absolute atomic E-state index is 0.00174. The van der Waals surface area contributed by atoms with Crippen LogP contribution in [-0.4, -0.2) is 26.1 Å². The van der Waals surface area contributed by atoms with Gasteiger partial charge in [-0.3, -0.25) is 9.89 Å². The summed E-state index contributed by atoms with van der Waals surface area (Å²) < 4.78 is 0. The minimum atomic E-state index is 0.00174. The van der Waals surface area contributed by atoms with E-state index in [1.807, 2.05) is 29.3 Å². The molecule has 0 saturated carbocycles. The zero-order chi connectivity index (χ0) is 18.4. The van der Waals surface area contributed by atoms with Gasteiger partial charge in [-0.1, -0.05) is 37.1 Å². The van der Waals surface area contributed by atoms with Crippen molar-refractivity contribution in [3.8, 4) is 16.9 Å². The SMILES string of the molecule is O=C1c2cc(-c3cn[nH]c3)ccc2C2CCCC[C@@H](c3cccc(O)c3)N12. The van der Waals surface area contributed by atoms with Gasteiger partial charge in [0.1, 0.15) is 5.75 Å². The quantitative estimate of drug-likeness (QED) is 0.703. The summed E-state index contributed by atoms with van der Waals surface area (Å²) in [6.07, 6.45) is 7.72. The Kier molecular flexibility index (Phi) is 3.74. The van der Waals surface area contributed by atoms with Crippen molar-refractivity contribution < 1.29 is 9.90 Å². The van der Waals surface area contributed by atoms with Crippen LogP contribution in [-0.2, 0) is 0 Å². The summed E-state index contributed by atoms with van der Waals surface area (Å²) in [6, 6.07) is 13.6. The Balaban J connectivity index is 1.58. The largest absolute Gasteiger partial charge is 0.508 e. The molecule has 1 aromatic heterocycles. The highest BCUT2D eigenvalue weighted by Gasteiger charge is 2.42. The summed E-state index contributed by atoms with van der Waals surface area (Å²) in [7, 11) is 0. The average Bonchev–Trinajstić information content (AvgIpc) is 3.23. The summed E-state index contributed by atoms with van der Waals surface area (Å²) in [4.78, 5) is 15.5. The van der Waals surface area contributed by atoms with Crippen molar-refractivity contribution in [1.82, 2.24) is 15.1 Å². The van der Waals surface area contributed by atoms with Crippen molar-refractivity contribution in [3.63, 3.8) is 0 Å². The Labute approximate surface area is 157 Å². The molecule has 2 aromatic carbocycles. The number of phenols is 1. The third-order valence-electron chi connectivity index (χ3n) is 5.84. The molecule has 2 atom stereocenters. The monoisotopic (exact) mass is 359 g/mol. The number of carbonyl (C=O) groups is 1. The molecule has 2 aliphatic rings. The molecule has 27 heavy (non-hydrogen) atoms. The van der Waals surface area contributed by atoms with Gasteiger partial charge in [-0.05, 0) is 47.7 Å². The number of rotatable bonds is 2. The summed E-state index contributed by atoms with van der Waals surface area (Å²) in [5.41, 5.74) is 4.92. The minimum Gasteiger partial charge on any atom is -0.508 e. The van der Waals surface area contributed by atoms with Gasteiger partial charge in [0.15, 0.2) is 0 Å². The zero-order valence-electron chi connectivity index (χ0n) is 14.9. The molecule has 3 heterocycles. The highest BCUT2D eigenvalue weighted by atomic mass is 16.3. The summed E-state index contributed by atoms with van der Waals surface area (Å²) in [5.74, 6) is 0.343. The fourth-order valence-corrected chi connectivity index (χ4v) is 4.58. The Morgan fingerprint density at radius 3 is 2.67 bits per heavy atom. The molecular weight excluding hydrogens is 338 g/mol. The number of nitrogens with one attached hydrogen (secondary N) is 1. The van der Waals surface area contributed by atoms with E-state index < -0.39 is 0 Å². The molecule has 1 unspecified atom stereocenters. The molecule has 2 aliphatic heterocycles. The van der Waals surface area contributed by atoms with E-state index in [1.165, 1.54) is 0 Å². The zero-order valence-corrected chi connectivity index (χ0v) is 14.9. The van der Waals surface area contributed by atoms with Crippen LogP contribution in [0.5, 0.6) is 5.75 Å². The van der Waals surface area contributed by atoms with E-state index in [0.717, 1.165) is 53.5 Å². The van der Waals surface area contributed by atoms with E-state index in [4.69, 9.17) is 0 Å². The number of aromatic amines is 1. The highest BCUT2D eigenvalue weighted by molar-refractivity contribution is 6.00. The lowest BCUT2D eigenvalue weighted by molar-refractivity contribution is 0.0628. The number of amides is 1. The van der Waals surface area contributed by atoms with Gasteiger partial charge in [-0.2, -0.15) is 5.10 Å². The lowest BCUT2D eigenvalue weighted by Gasteiger charge is -2.31. The van der Waals surface area contributed by atoms with Crippen LogP contribution in [0.1, 0.15) is 59.3 Å². The predicted molar refractivity (Wildman–Crippen MR) is 102 cm³/mol. The van der Waals surface area contributed by atoms with Gasteiger partial charge in [0.2, 0.25) is 0 Å². The Bertz CT molecular complexity index is 997. The van der Waals surface area contributed by atoms with Gasteiger partial charge in [0, 0.05) is 17.3 Å². The van der Waals surface area contributed by atoms with Gasteiger partial charge >= 0.3 is 0 Å². The first-order valence-corrected chi connectivity index (χ1v) is 9.47. The van der Waals surface area contributed by atoms with Crippen molar-refractivity contribution in [3.05, 3.63) is 71.5 Å². The number of hydrogen-bond acceptors (Lipinski definition) is 3. The van der Waals surface area contributed by atoms with E-state index in [0.29, 0.717) is 0 Å². The van der Waals surface area contributed by atoms with Crippen molar-refractivity contribution in [2.75, 3.05) is 0 Å². The van der Waals surface area contributed by atoms with Gasteiger partial charge in [0.05, 0.1) is 18.3 Å². The maximum Gasteiger partial charge on any atom is 0.255 e. The van der Waals surface area contributed by atoms with Crippen LogP contribution in [0, 0.1) is 0 Å². The number of aromatic hydroxyl groups is 1. The van der Waals surface area contributed by atoms with Gasteiger partial charge in [0.25, 0.3) is 5.91 Å². The first-order chi connectivity index (χ1) is 13.2. The smallest absolute Gasteiger partial charge is 0.255 e. The maximum absolute atomic E-state index is 13.4. The lowest BCUT2D eigenvalue weighted by atomic mass is 9.97. The van der Waals surface area contributed by atoms with Crippen molar-refractivity contribution >= 4 is 5.91 Å². The third kappa shape index (κ3) is 2.62. The number of benzene rings is 2. The molecule has 1 fully saturated rings. The number of hydrogen-bond donors (Lipinski definition) is 2. The maximum atomic E-state index is 13.4. The summed E-state index contributed by atoms with van der Waals surface area (Å²) >= 11 is 0. The van der Waals surface area contributed by atoms with E-state index >= 15 is 0 Å². The second-order valence-electron chi connectivity index (χ2n) is 7.41. The van der Waals surface area contributed by atoms with Gasteiger partial charge in [-0.15, -0.1) is 0 Å². The molecule has 0 radical (unpaired) electrons. The third-order valence-corrected chi connectivity index (χ3v) is 5.84. The topological polar surface area (TPSA) is 69.2 Å². The number of aromatic nitrogens is 2. The Morgan fingerprint density at radius 2 is 1.89 bits per heavy atom. The van der Waals surface area contributed by atoms with E-state index in [9.17, 15) is 9.90 Å². The number of carbonyl (C=O) groups excluding carboxylic acids is 1. The Morgan fingerprint density at radius 1 is 1.04 bits per heavy atom. The van der Waals surface area contributed by atoms with Crippen LogP contribution >= 0.6 is 0 Å². The molecule has 0 spiro atoms. The van der Waals surface area contributed by atoms with Crippen LogP contribution in [0.4, 0.5) is 0 Å². The molecule has 2 N–H and O–H groups in total.